The smallest absolute Gasteiger partial charge is 0.274 e. The van der Waals surface area contributed by atoms with E-state index in [2.05, 4.69) is 4.98 Å². The number of rotatable bonds is 1. The minimum Gasteiger partial charge on any atom is -0.274 e. The van der Waals surface area contributed by atoms with Crippen LogP contribution in [0.3, 0.4) is 0 Å². The zero-order valence-corrected chi connectivity index (χ0v) is 8.53. The molecule has 0 unspecified atom stereocenters. The Bertz CT molecular complexity index is 643. The number of hydrogen-bond donors (Lipinski definition) is 1. The molecule has 0 saturated carbocycles. The first kappa shape index (κ1) is 10.4. The SMILES string of the molecule is Cc1ccc(F)cc1-n1ccc(=O)[nH]c1=O. The molecule has 82 valence electrons. The van der Waals surface area contributed by atoms with Gasteiger partial charge in [0.2, 0.25) is 0 Å². The first-order chi connectivity index (χ1) is 7.58. The van der Waals surface area contributed by atoms with Gasteiger partial charge in [-0.1, -0.05) is 6.07 Å². The summed E-state index contributed by atoms with van der Waals surface area (Å²) < 4.78 is 14.3. The van der Waals surface area contributed by atoms with E-state index in [1.54, 1.807) is 13.0 Å². The number of nitrogens with one attached hydrogen (secondary N) is 1. The van der Waals surface area contributed by atoms with E-state index in [9.17, 15) is 14.0 Å². The summed E-state index contributed by atoms with van der Waals surface area (Å²) in [6.45, 7) is 1.76. The number of aromatic nitrogens is 2. The molecule has 5 heteroatoms. The van der Waals surface area contributed by atoms with E-state index in [0.717, 1.165) is 5.56 Å². The Morgan fingerprint density at radius 1 is 1.25 bits per heavy atom. The van der Waals surface area contributed by atoms with Crippen LogP contribution in [0.4, 0.5) is 4.39 Å². The lowest BCUT2D eigenvalue weighted by molar-refractivity contribution is 0.625. The molecule has 0 amide bonds. The molecule has 0 spiro atoms. The van der Waals surface area contributed by atoms with Crippen molar-refractivity contribution < 1.29 is 4.39 Å². The van der Waals surface area contributed by atoms with Gasteiger partial charge in [-0.15, -0.1) is 0 Å². The van der Waals surface area contributed by atoms with Gasteiger partial charge in [0.1, 0.15) is 5.82 Å². The van der Waals surface area contributed by atoms with Crippen molar-refractivity contribution in [3.05, 3.63) is 62.7 Å². The van der Waals surface area contributed by atoms with Crippen LogP contribution in [0, 0.1) is 12.7 Å². The molecule has 1 aromatic carbocycles. The van der Waals surface area contributed by atoms with E-state index in [0.29, 0.717) is 5.69 Å². The summed E-state index contributed by atoms with van der Waals surface area (Å²) >= 11 is 0. The van der Waals surface area contributed by atoms with E-state index >= 15 is 0 Å². The van der Waals surface area contributed by atoms with Crippen LogP contribution >= 0.6 is 0 Å². The maximum atomic E-state index is 13.1. The van der Waals surface area contributed by atoms with Crippen molar-refractivity contribution in [3.8, 4) is 5.69 Å². The van der Waals surface area contributed by atoms with Crippen LogP contribution in [0.1, 0.15) is 5.56 Å². The molecule has 0 aliphatic heterocycles. The summed E-state index contributed by atoms with van der Waals surface area (Å²) in [6, 6.07) is 5.35. The molecular weight excluding hydrogens is 211 g/mol. The molecule has 0 fully saturated rings. The highest BCUT2D eigenvalue weighted by Gasteiger charge is 2.04. The van der Waals surface area contributed by atoms with E-state index in [1.807, 2.05) is 0 Å². The molecule has 16 heavy (non-hydrogen) atoms. The number of hydrogen-bond acceptors (Lipinski definition) is 2. The Balaban J connectivity index is 2.72. The zero-order chi connectivity index (χ0) is 11.7. The number of nitrogens with zero attached hydrogens (tertiary/aromatic N) is 1. The topological polar surface area (TPSA) is 54.9 Å². The molecule has 2 aromatic rings. The number of H-pyrrole nitrogens is 1. The van der Waals surface area contributed by atoms with Gasteiger partial charge in [-0.05, 0) is 24.6 Å². The molecule has 1 heterocycles. The Morgan fingerprint density at radius 2 is 2.00 bits per heavy atom. The number of benzene rings is 1. The van der Waals surface area contributed by atoms with Crippen molar-refractivity contribution in [2.75, 3.05) is 0 Å². The largest absolute Gasteiger partial charge is 0.332 e. The fourth-order valence-electron chi connectivity index (χ4n) is 1.45. The second-order valence-corrected chi connectivity index (χ2v) is 3.41. The highest BCUT2D eigenvalue weighted by molar-refractivity contribution is 5.40. The van der Waals surface area contributed by atoms with Gasteiger partial charge in [0.05, 0.1) is 5.69 Å². The minimum atomic E-state index is -0.582. The van der Waals surface area contributed by atoms with Crippen LogP contribution in [0.2, 0.25) is 0 Å². The fourth-order valence-corrected chi connectivity index (χ4v) is 1.45. The highest BCUT2D eigenvalue weighted by atomic mass is 19.1. The predicted octanol–water partition coefficient (Wildman–Crippen LogP) is 0.973. The van der Waals surface area contributed by atoms with Gasteiger partial charge >= 0.3 is 5.69 Å². The average molecular weight is 220 g/mol. The molecule has 0 radical (unpaired) electrons. The van der Waals surface area contributed by atoms with Crippen LogP contribution in [0.15, 0.2) is 40.1 Å². The van der Waals surface area contributed by atoms with Crippen LogP contribution in [-0.2, 0) is 0 Å². The number of halogens is 1. The van der Waals surface area contributed by atoms with Crippen LogP contribution in [0.25, 0.3) is 5.69 Å². The monoisotopic (exact) mass is 220 g/mol. The molecule has 2 rings (SSSR count). The minimum absolute atomic E-state index is 0.418. The molecule has 0 atom stereocenters. The first-order valence-electron chi connectivity index (χ1n) is 4.66. The fraction of sp³-hybridized carbons (Fsp3) is 0.0909. The van der Waals surface area contributed by atoms with Crippen LogP contribution in [-0.4, -0.2) is 9.55 Å². The number of aryl methyl sites for hydroxylation is 1. The van der Waals surface area contributed by atoms with E-state index in [4.69, 9.17) is 0 Å². The highest BCUT2D eigenvalue weighted by Crippen LogP contribution is 2.12. The second kappa shape index (κ2) is 3.77. The maximum Gasteiger partial charge on any atom is 0.332 e. The number of aromatic amines is 1. The van der Waals surface area contributed by atoms with Crippen molar-refractivity contribution in [3.63, 3.8) is 0 Å². The molecule has 0 aliphatic rings. The van der Waals surface area contributed by atoms with Crippen molar-refractivity contribution in [1.29, 1.82) is 0 Å². The molecular formula is C11H9FN2O2. The quantitative estimate of drug-likeness (QED) is 0.778. The lowest BCUT2D eigenvalue weighted by Gasteiger charge is -2.07. The lowest BCUT2D eigenvalue weighted by Crippen LogP contribution is -2.27. The van der Waals surface area contributed by atoms with Crippen molar-refractivity contribution in [2.45, 2.75) is 6.92 Å². The van der Waals surface area contributed by atoms with E-state index < -0.39 is 17.1 Å². The van der Waals surface area contributed by atoms with Crippen molar-refractivity contribution >= 4 is 0 Å². The van der Waals surface area contributed by atoms with E-state index in [-0.39, 0.29) is 0 Å². The normalized spacial score (nSPS) is 10.4. The van der Waals surface area contributed by atoms with Gasteiger partial charge in [0.15, 0.2) is 0 Å². The summed E-state index contributed by atoms with van der Waals surface area (Å²) in [5.41, 5.74) is 0.105. The standard InChI is InChI=1S/C11H9FN2O2/c1-7-2-3-8(12)6-9(7)14-5-4-10(15)13-11(14)16/h2-6H,1H3,(H,13,15,16). The maximum absolute atomic E-state index is 13.1. The first-order valence-corrected chi connectivity index (χ1v) is 4.66. The second-order valence-electron chi connectivity index (χ2n) is 3.41. The average Bonchev–Trinajstić information content (AvgIpc) is 2.22. The van der Waals surface area contributed by atoms with Gasteiger partial charge in [0.25, 0.3) is 5.56 Å². The Labute approximate surface area is 90.0 Å². The van der Waals surface area contributed by atoms with Crippen LogP contribution in [0.5, 0.6) is 0 Å². The van der Waals surface area contributed by atoms with Gasteiger partial charge in [0, 0.05) is 12.3 Å². The van der Waals surface area contributed by atoms with Gasteiger partial charge in [-0.2, -0.15) is 0 Å². The summed E-state index contributed by atoms with van der Waals surface area (Å²) in [4.78, 5) is 24.5. The zero-order valence-electron chi connectivity index (χ0n) is 8.53. The molecule has 1 N–H and O–H groups in total. The van der Waals surface area contributed by atoms with Gasteiger partial charge in [-0.25, -0.2) is 9.18 Å². The summed E-state index contributed by atoms with van der Waals surface area (Å²) in [6.07, 6.45) is 1.32. The third-order valence-corrected chi connectivity index (χ3v) is 2.25. The van der Waals surface area contributed by atoms with Crippen LogP contribution < -0.4 is 11.2 Å². The molecule has 1 aromatic heterocycles. The van der Waals surface area contributed by atoms with Crippen molar-refractivity contribution in [2.24, 2.45) is 0 Å². The summed E-state index contributed by atoms with van der Waals surface area (Å²) in [5.74, 6) is -0.432. The molecule has 0 bridgehead atoms. The van der Waals surface area contributed by atoms with Gasteiger partial charge < -0.3 is 0 Å². The van der Waals surface area contributed by atoms with Gasteiger partial charge in [-0.3, -0.25) is 14.3 Å². The third-order valence-electron chi connectivity index (χ3n) is 2.25. The van der Waals surface area contributed by atoms with E-state index in [1.165, 1.54) is 29.0 Å². The Hall–Kier alpha value is -2.17. The predicted molar refractivity (Wildman–Crippen MR) is 57.4 cm³/mol. The molecule has 4 nitrogen and oxygen atoms in total. The summed E-state index contributed by atoms with van der Waals surface area (Å²) in [7, 11) is 0. The molecule has 0 saturated heterocycles. The Morgan fingerprint density at radius 3 is 2.69 bits per heavy atom. The summed E-state index contributed by atoms with van der Waals surface area (Å²) in [5, 5.41) is 0. The molecule has 0 aliphatic carbocycles. The Kier molecular flexibility index (Phi) is 2.44. The van der Waals surface area contributed by atoms with Crippen molar-refractivity contribution in [1.82, 2.24) is 9.55 Å². The lowest BCUT2D eigenvalue weighted by atomic mass is 10.2. The third kappa shape index (κ3) is 1.79.